The third-order valence-corrected chi connectivity index (χ3v) is 6.97. The van der Waals surface area contributed by atoms with E-state index in [1.165, 1.54) is 11.8 Å². The van der Waals surface area contributed by atoms with Crippen LogP contribution in [0.2, 0.25) is 5.02 Å². The number of carbonyl (C=O) groups is 2. The summed E-state index contributed by atoms with van der Waals surface area (Å²) in [6, 6.07) is 13.0. The zero-order chi connectivity index (χ0) is 22.7. The van der Waals surface area contributed by atoms with Crippen LogP contribution < -0.4 is 5.32 Å². The van der Waals surface area contributed by atoms with Crippen molar-refractivity contribution in [3.8, 4) is 0 Å². The first-order valence-electron chi connectivity index (χ1n) is 10.7. The molecule has 0 saturated carbocycles. The molecule has 2 amide bonds. The number of hydrogen-bond donors (Lipinski definition) is 1. The molecule has 0 bridgehead atoms. The summed E-state index contributed by atoms with van der Waals surface area (Å²) < 4.78 is 5.77. The van der Waals surface area contributed by atoms with Crippen LogP contribution in [-0.4, -0.2) is 46.4 Å². The number of amidine groups is 1. The molecule has 2 fully saturated rings. The summed E-state index contributed by atoms with van der Waals surface area (Å²) in [6.45, 7) is 5.19. The lowest BCUT2D eigenvalue weighted by molar-refractivity contribution is -0.129. The van der Waals surface area contributed by atoms with Crippen molar-refractivity contribution in [3.63, 3.8) is 0 Å². The van der Waals surface area contributed by atoms with Gasteiger partial charge in [0.1, 0.15) is 5.25 Å². The maximum atomic E-state index is 13.3. The van der Waals surface area contributed by atoms with Crippen molar-refractivity contribution in [2.24, 2.45) is 4.99 Å². The Balaban J connectivity index is 1.54. The summed E-state index contributed by atoms with van der Waals surface area (Å²) in [6.07, 6.45) is 1.98. The maximum Gasteiger partial charge on any atom is 0.242 e. The number of aryl methyl sites for hydroxylation is 2. The fraction of sp³-hybridized carbons (Fsp3) is 0.375. The van der Waals surface area contributed by atoms with Crippen LogP contribution in [0, 0.1) is 13.8 Å². The van der Waals surface area contributed by atoms with Gasteiger partial charge in [-0.1, -0.05) is 47.6 Å². The van der Waals surface area contributed by atoms with Crippen LogP contribution in [0.15, 0.2) is 47.5 Å². The minimum atomic E-state index is -0.529. The number of ether oxygens (including phenoxy) is 1. The van der Waals surface area contributed by atoms with E-state index in [0.717, 1.165) is 29.7 Å². The van der Waals surface area contributed by atoms with Gasteiger partial charge in [0.05, 0.1) is 18.3 Å². The quantitative estimate of drug-likeness (QED) is 0.636. The summed E-state index contributed by atoms with van der Waals surface area (Å²) in [5, 5.41) is 3.47. The zero-order valence-electron chi connectivity index (χ0n) is 18.1. The Morgan fingerprint density at radius 3 is 2.69 bits per heavy atom. The number of anilines is 1. The highest BCUT2D eigenvalue weighted by Gasteiger charge is 2.40. The van der Waals surface area contributed by atoms with Crippen molar-refractivity contribution in [2.45, 2.75) is 44.5 Å². The molecule has 1 N–H and O–H groups in total. The first-order valence-corrected chi connectivity index (χ1v) is 12.0. The minimum absolute atomic E-state index is 0.00162. The molecule has 168 valence electrons. The molecule has 2 aromatic rings. The molecule has 0 spiro atoms. The minimum Gasteiger partial charge on any atom is -0.376 e. The second-order valence-corrected chi connectivity index (χ2v) is 9.69. The third kappa shape index (κ3) is 5.34. The van der Waals surface area contributed by atoms with E-state index < -0.39 is 5.25 Å². The zero-order valence-corrected chi connectivity index (χ0v) is 19.7. The number of nitrogens with zero attached hydrogens (tertiary/aromatic N) is 2. The van der Waals surface area contributed by atoms with E-state index >= 15 is 0 Å². The van der Waals surface area contributed by atoms with E-state index in [-0.39, 0.29) is 24.3 Å². The SMILES string of the molecule is Cc1cccc(C)c1N=C1SC(CC(=O)Nc2cccc(Cl)c2)C(=O)N1CC1CCCO1. The van der Waals surface area contributed by atoms with Crippen LogP contribution in [0.1, 0.15) is 30.4 Å². The van der Waals surface area contributed by atoms with Crippen LogP contribution >= 0.6 is 23.4 Å². The number of hydrogen-bond acceptors (Lipinski definition) is 5. The number of aliphatic imine (C=N–C) groups is 1. The lowest BCUT2D eigenvalue weighted by Gasteiger charge is -2.20. The van der Waals surface area contributed by atoms with Crippen molar-refractivity contribution in [2.75, 3.05) is 18.5 Å². The molecule has 2 unspecified atom stereocenters. The molecule has 2 aliphatic rings. The molecule has 0 radical (unpaired) electrons. The predicted octanol–water partition coefficient (Wildman–Crippen LogP) is 5.10. The van der Waals surface area contributed by atoms with Crippen molar-refractivity contribution in [1.29, 1.82) is 0 Å². The maximum absolute atomic E-state index is 13.3. The van der Waals surface area contributed by atoms with Gasteiger partial charge in [-0.05, 0) is 56.0 Å². The summed E-state index contributed by atoms with van der Waals surface area (Å²) >= 11 is 7.35. The molecular formula is C24H26ClN3O3S. The van der Waals surface area contributed by atoms with Crippen molar-refractivity contribution in [3.05, 3.63) is 58.6 Å². The Bertz CT molecular complexity index is 1030. The monoisotopic (exact) mass is 471 g/mol. The second kappa shape index (κ2) is 10.1. The average Bonchev–Trinajstić information content (AvgIpc) is 3.35. The first kappa shape index (κ1) is 22.8. The highest BCUT2D eigenvalue weighted by atomic mass is 35.5. The molecule has 2 atom stereocenters. The van der Waals surface area contributed by atoms with Gasteiger partial charge in [-0.2, -0.15) is 0 Å². The fourth-order valence-corrected chi connectivity index (χ4v) is 5.25. The van der Waals surface area contributed by atoms with Gasteiger partial charge in [0.15, 0.2) is 5.17 Å². The third-order valence-electron chi connectivity index (χ3n) is 5.56. The predicted molar refractivity (Wildman–Crippen MR) is 130 cm³/mol. The van der Waals surface area contributed by atoms with Crippen LogP contribution in [0.3, 0.4) is 0 Å². The van der Waals surface area contributed by atoms with Gasteiger partial charge in [-0.3, -0.25) is 14.5 Å². The Kier molecular flexibility index (Phi) is 7.18. The Morgan fingerprint density at radius 2 is 2.00 bits per heavy atom. The summed E-state index contributed by atoms with van der Waals surface area (Å²) in [5.74, 6) is -0.333. The van der Waals surface area contributed by atoms with Crippen LogP contribution in [0.25, 0.3) is 0 Å². The van der Waals surface area contributed by atoms with E-state index in [1.807, 2.05) is 32.0 Å². The van der Waals surface area contributed by atoms with Crippen LogP contribution in [-0.2, 0) is 14.3 Å². The molecule has 32 heavy (non-hydrogen) atoms. The molecule has 0 aromatic heterocycles. The number of benzene rings is 2. The molecule has 2 saturated heterocycles. The molecule has 8 heteroatoms. The van der Waals surface area contributed by atoms with E-state index in [1.54, 1.807) is 29.2 Å². The second-order valence-electron chi connectivity index (χ2n) is 8.09. The molecule has 6 nitrogen and oxygen atoms in total. The smallest absolute Gasteiger partial charge is 0.242 e. The number of nitrogens with one attached hydrogen (secondary N) is 1. The van der Waals surface area contributed by atoms with Crippen LogP contribution in [0.4, 0.5) is 11.4 Å². The van der Waals surface area contributed by atoms with E-state index in [9.17, 15) is 9.59 Å². The van der Waals surface area contributed by atoms with Gasteiger partial charge in [-0.15, -0.1) is 0 Å². The lowest BCUT2D eigenvalue weighted by atomic mass is 10.1. The number of amides is 2. The van der Waals surface area contributed by atoms with Crippen molar-refractivity contribution < 1.29 is 14.3 Å². The highest BCUT2D eigenvalue weighted by Crippen LogP contribution is 2.34. The first-order chi connectivity index (χ1) is 15.4. The van der Waals surface area contributed by atoms with Gasteiger partial charge < -0.3 is 10.1 Å². The molecule has 0 aliphatic carbocycles. The number of carbonyl (C=O) groups excluding carboxylic acids is 2. The Morgan fingerprint density at radius 1 is 1.25 bits per heavy atom. The summed E-state index contributed by atoms with van der Waals surface area (Å²) in [4.78, 5) is 32.5. The Labute approximate surface area is 197 Å². The number of halogens is 1. The van der Waals surface area contributed by atoms with E-state index in [0.29, 0.717) is 29.0 Å². The van der Waals surface area contributed by atoms with Crippen LogP contribution in [0.5, 0.6) is 0 Å². The summed E-state index contributed by atoms with van der Waals surface area (Å²) in [7, 11) is 0. The number of para-hydroxylation sites is 1. The van der Waals surface area contributed by atoms with Crippen molar-refractivity contribution >= 4 is 51.7 Å². The largest absolute Gasteiger partial charge is 0.376 e. The van der Waals surface area contributed by atoms with Gasteiger partial charge in [0.25, 0.3) is 0 Å². The van der Waals surface area contributed by atoms with Gasteiger partial charge in [-0.25, -0.2) is 4.99 Å². The lowest BCUT2D eigenvalue weighted by Crippen LogP contribution is -2.38. The molecule has 2 aliphatic heterocycles. The molecular weight excluding hydrogens is 446 g/mol. The van der Waals surface area contributed by atoms with Gasteiger partial charge >= 0.3 is 0 Å². The Hall–Kier alpha value is -2.35. The van der Waals surface area contributed by atoms with Crippen molar-refractivity contribution in [1.82, 2.24) is 4.90 Å². The topological polar surface area (TPSA) is 71.0 Å². The summed E-state index contributed by atoms with van der Waals surface area (Å²) in [5.41, 5.74) is 3.57. The standard InChI is InChI=1S/C24H26ClN3O3S/c1-15-6-3-7-16(2)22(15)27-24-28(14-19-10-5-11-31-19)23(30)20(32-24)13-21(29)26-18-9-4-8-17(25)12-18/h3-4,6-9,12,19-20H,5,10-11,13-14H2,1-2H3,(H,26,29). The van der Waals surface area contributed by atoms with E-state index in [4.69, 9.17) is 21.3 Å². The highest BCUT2D eigenvalue weighted by molar-refractivity contribution is 8.15. The fourth-order valence-electron chi connectivity index (χ4n) is 3.91. The number of thioether (sulfide) groups is 1. The number of rotatable bonds is 6. The molecule has 2 aromatic carbocycles. The van der Waals surface area contributed by atoms with E-state index in [2.05, 4.69) is 5.32 Å². The normalized spacial score (nSPS) is 22.0. The van der Waals surface area contributed by atoms with Gasteiger partial charge in [0, 0.05) is 23.7 Å². The van der Waals surface area contributed by atoms with Gasteiger partial charge in [0.2, 0.25) is 11.8 Å². The molecule has 2 heterocycles. The average molecular weight is 472 g/mol. The molecule has 4 rings (SSSR count).